The summed E-state index contributed by atoms with van der Waals surface area (Å²) in [7, 11) is 5.73. The molecule has 0 amide bonds. The molecule has 0 saturated heterocycles. The van der Waals surface area contributed by atoms with Gasteiger partial charge in [-0.05, 0) is 37.1 Å². The van der Waals surface area contributed by atoms with Gasteiger partial charge in [-0.15, -0.1) is 24.0 Å². The number of benzene rings is 1. The highest BCUT2D eigenvalue weighted by molar-refractivity contribution is 14.0. The van der Waals surface area contributed by atoms with E-state index >= 15 is 0 Å². The highest BCUT2D eigenvalue weighted by atomic mass is 127. The molecule has 0 aliphatic carbocycles. The van der Waals surface area contributed by atoms with E-state index in [1.54, 1.807) is 7.11 Å². The lowest BCUT2D eigenvalue weighted by Gasteiger charge is -2.15. The number of nitrogens with two attached hydrogens (primary N) is 1. The maximum absolute atomic E-state index is 5.86. The summed E-state index contributed by atoms with van der Waals surface area (Å²) < 4.78 is 5.04. The van der Waals surface area contributed by atoms with Gasteiger partial charge in [0.05, 0.1) is 13.2 Å². The SMILES string of the molecule is COCC(C)NC(N)=NCc1ccc(N(C)C)cc1C.I. The number of hydrogen-bond acceptors (Lipinski definition) is 3. The van der Waals surface area contributed by atoms with E-state index in [1.165, 1.54) is 16.8 Å². The van der Waals surface area contributed by atoms with Crippen molar-refractivity contribution < 1.29 is 4.74 Å². The fourth-order valence-corrected chi connectivity index (χ4v) is 1.90. The number of halogens is 1. The van der Waals surface area contributed by atoms with Crippen molar-refractivity contribution >= 4 is 35.6 Å². The van der Waals surface area contributed by atoms with Crippen LogP contribution in [0.5, 0.6) is 0 Å². The molecule has 1 aromatic rings. The van der Waals surface area contributed by atoms with E-state index in [9.17, 15) is 0 Å². The van der Waals surface area contributed by atoms with Gasteiger partial charge in [0.2, 0.25) is 0 Å². The fraction of sp³-hybridized carbons (Fsp3) is 0.533. The van der Waals surface area contributed by atoms with Crippen molar-refractivity contribution in [3.05, 3.63) is 29.3 Å². The fourth-order valence-electron chi connectivity index (χ4n) is 1.90. The van der Waals surface area contributed by atoms with Crippen LogP contribution in [0.1, 0.15) is 18.1 Å². The van der Waals surface area contributed by atoms with E-state index in [0.29, 0.717) is 19.1 Å². The minimum atomic E-state index is 0. The van der Waals surface area contributed by atoms with E-state index in [2.05, 4.69) is 40.3 Å². The Morgan fingerprint density at radius 2 is 2.10 bits per heavy atom. The van der Waals surface area contributed by atoms with Crippen molar-refractivity contribution in [1.29, 1.82) is 0 Å². The largest absolute Gasteiger partial charge is 0.383 e. The molecule has 0 radical (unpaired) electrons. The second-order valence-corrected chi connectivity index (χ2v) is 5.21. The standard InChI is InChI=1S/C15H26N4O.HI/c1-11-8-14(19(3)4)7-6-13(11)9-17-15(16)18-12(2)10-20-5;/h6-8,12H,9-10H2,1-5H3,(H3,16,17,18);1H. The van der Waals surface area contributed by atoms with Crippen LogP contribution < -0.4 is 16.0 Å². The number of nitrogens with zero attached hydrogens (tertiary/aromatic N) is 2. The lowest BCUT2D eigenvalue weighted by molar-refractivity contribution is 0.179. The van der Waals surface area contributed by atoms with Crippen LogP contribution in [-0.4, -0.2) is 39.8 Å². The zero-order valence-corrected chi connectivity index (χ0v) is 15.8. The molecule has 0 aliphatic heterocycles. The first-order valence-electron chi connectivity index (χ1n) is 6.76. The molecule has 0 heterocycles. The molecular formula is C15H27IN4O. The predicted octanol–water partition coefficient (Wildman–Crippen LogP) is 2.12. The molecule has 0 saturated carbocycles. The van der Waals surface area contributed by atoms with E-state index < -0.39 is 0 Å². The van der Waals surface area contributed by atoms with Crippen molar-refractivity contribution in [2.75, 3.05) is 32.7 Å². The van der Waals surface area contributed by atoms with E-state index in [0.717, 1.165) is 0 Å². The molecule has 0 fully saturated rings. The Labute approximate surface area is 145 Å². The molecule has 1 atom stereocenters. The van der Waals surface area contributed by atoms with Crippen molar-refractivity contribution in [2.24, 2.45) is 10.7 Å². The maximum Gasteiger partial charge on any atom is 0.189 e. The normalized spacial score (nSPS) is 12.5. The van der Waals surface area contributed by atoms with Gasteiger partial charge in [0, 0.05) is 32.9 Å². The summed E-state index contributed by atoms with van der Waals surface area (Å²) in [6, 6.07) is 6.50. The van der Waals surface area contributed by atoms with Gasteiger partial charge in [-0.25, -0.2) is 4.99 Å². The van der Waals surface area contributed by atoms with Gasteiger partial charge in [-0.3, -0.25) is 0 Å². The van der Waals surface area contributed by atoms with Crippen molar-refractivity contribution in [3.63, 3.8) is 0 Å². The van der Waals surface area contributed by atoms with E-state index in [-0.39, 0.29) is 30.0 Å². The first-order valence-corrected chi connectivity index (χ1v) is 6.76. The van der Waals surface area contributed by atoms with Crippen LogP contribution in [0.25, 0.3) is 0 Å². The molecule has 6 heteroatoms. The van der Waals surface area contributed by atoms with Crippen molar-refractivity contribution in [2.45, 2.75) is 26.4 Å². The molecule has 1 aromatic carbocycles. The zero-order valence-electron chi connectivity index (χ0n) is 13.5. The number of rotatable bonds is 6. The maximum atomic E-state index is 5.86. The summed E-state index contributed by atoms with van der Waals surface area (Å²) in [6.07, 6.45) is 0. The third-order valence-corrected chi connectivity index (χ3v) is 3.07. The van der Waals surface area contributed by atoms with Crippen LogP contribution in [0, 0.1) is 6.92 Å². The lowest BCUT2D eigenvalue weighted by Crippen LogP contribution is -2.40. The Hall–Kier alpha value is -1.02. The van der Waals surface area contributed by atoms with Crippen molar-refractivity contribution in [3.8, 4) is 0 Å². The predicted molar refractivity (Wildman–Crippen MR) is 101 cm³/mol. The third kappa shape index (κ3) is 6.99. The highest BCUT2D eigenvalue weighted by Crippen LogP contribution is 2.17. The Morgan fingerprint density at radius 3 is 2.62 bits per heavy atom. The molecular weight excluding hydrogens is 379 g/mol. The van der Waals surface area contributed by atoms with Crippen LogP contribution in [0.2, 0.25) is 0 Å². The number of nitrogens with one attached hydrogen (secondary N) is 1. The molecule has 0 spiro atoms. The van der Waals surface area contributed by atoms with Gasteiger partial charge >= 0.3 is 0 Å². The lowest BCUT2D eigenvalue weighted by atomic mass is 10.1. The number of hydrogen-bond donors (Lipinski definition) is 2. The number of guanidine groups is 1. The summed E-state index contributed by atoms with van der Waals surface area (Å²) in [6.45, 7) is 5.28. The smallest absolute Gasteiger partial charge is 0.189 e. The summed E-state index contributed by atoms with van der Waals surface area (Å²) in [5.41, 5.74) is 9.45. The monoisotopic (exact) mass is 406 g/mol. The average Bonchev–Trinajstić information content (AvgIpc) is 2.37. The Balaban J connectivity index is 0.00000400. The van der Waals surface area contributed by atoms with Crippen LogP contribution in [-0.2, 0) is 11.3 Å². The molecule has 5 nitrogen and oxygen atoms in total. The molecule has 120 valence electrons. The zero-order chi connectivity index (χ0) is 15.1. The van der Waals surface area contributed by atoms with Gasteiger partial charge in [0.15, 0.2) is 5.96 Å². The van der Waals surface area contributed by atoms with Crippen LogP contribution in [0.4, 0.5) is 5.69 Å². The van der Waals surface area contributed by atoms with Crippen LogP contribution in [0.3, 0.4) is 0 Å². The second-order valence-electron chi connectivity index (χ2n) is 5.21. The average molecular weight is 406 g/mol. The Bertz CT molecular complexity index is 463. The van der Waals surface area contributed by atoms with Crippen LogP contribution in [0.15, 0.2) is 23.2 Å². The van der Waals surface area contributed by atoms with E-state index in [4.69, 9.17) is 10.5 Å². The summed E-state index contributed by atoms with van der Waals surface area (Å²) in [5, 5.41) is 3.09. The number of anilines is 1. The Morgan fingerprint density at radius 1 is 1.43 bits per heavy atom. The number of ether oxygens (including phenoxy) is 1. The van der Waals surface area contributed by atoms with Crippen molar-refractivity contribution in [1.82, 2.24) is 5.32 Å². The molecule has 3 N–H and O–H groups in total. The van der Waals surface area contributed by atoms with Gasteiger partial charge in [0.25, 0.3) is 0 Å². The van der Waals surface area contributed by atoms with Crippen LogP contribution >= 0.6 is 24.0 Å². The first kappa shape index (κ1) is 20.0. The topological polar surface area (TPSA) is 62.9 Å². The second kappa shape index (κ2) is 9.83. The first-order chi connectivity index (χ1) is 9.43. The van der Waals surface area contributed by atoms with E-state index in [1.807, 2.05) is 21.0 Å². The summed E-state index contributed by atoms with van der Waals surface area (Å²) in [5.74, 6) is 0.450. The summed E-state index contributed by atoms with van der Waals surface area (Å²) >= 11 is 0. The third-order valence-electron chi connectivity index (χ3n) is 3.07. The van der Waals surface area contributed by atoms with Gasteiger partial charge in [-0.1, -0.05) is 6.07 Å². The molecule has 0 aliphatic rings. The minimum Gasteiger partial charge on any atom is -0.383 e. The molecule has 1 rings (SSSR count). The number of aryl methyl sites for hydroxylation is 1. The molecule has 0 bridgehead atoms. The molecule has 1 unspecified atom stereocenters. The summed E-state index contributed by atoms with van der Waals surface area (Å²) in [4.78, 5) is 6.45. The molecule has 21 heavy (non-hydrogen) atoms. The minimum absolute atomic E-state index is 0. The number of methoxy groups -OCH3 is 1. The van der Waals surface area contributed by atoms with Gasteiger partial charge in [-0.2, -0.15) is 0 Å². The highest BCUT2D eigenvalue weighted by Gasteiger charge is 2.03. The number of aliphatic imine (C=N–C) groups is 1. The van der Waals surface area contributed by atoms with Gasteiger partial charge < -0.3 is 20.7 Å². The molecule has 0 aromatic heterocycles. The Kier molecular flexibility index (Phi) is 9.36. The quantitative estimate of drug-likeness (QED) is 0.432. The van der Waals surface area contributed by atoms with Gasteiger partial charge in [0.1, 0.15) is 0 Å².